The summed E-state index contributed by atoms with van der Waals surface area (Å²) in [5, 5.41) is 0. The van der Waals surface area contributed by atoms with Crippen molar-refractivity contribution in [3.8, 4) is 0 Å². The van der Waals surface area contributed by atoms with Gasteiger partial charge in [-0.25, -0.2) is 0 Å². The quantitative estimate of drug-likeness (QED) is 0.262. The molecule has 0 aliphatic rings. The molecule has 0 N–H and O–H groups in total. The molecule has 0 aliphatic carbocycles. The van der Waals surface area contributed by atoms with Crippen LogP contribution in [0.5, 0.6) is 0 Å². The molecule has 0 rings (SSSR count). The van der Waals surface area contributed by atoms with E-state index in [0.717, 1.165) is 18.8 Å². The molecule has 0 bridgehead atoms. The molecule has 0 aliphatic heterocycles. The van der Waals surface area contributed by atoms with Crippen LogP contribution in [0.4, 0.5) is 0 Å². The number of unbranched alkanes of at least 4 members (excludes halogenated alkanes) is 4. The van der Waals surface area contributed by atoms with Crippen molar-refractivity contribution in [1.82, 2.24) is 0 Å². The number of rotatable bonds is 12. The molecule has 0 fully saturated rings. The van der Waals surface area contributed by atoms with Gasteiger partial charge < -0.3 is 4.74 Å². The fourth-order valence-corrected chi connectivity index (χ4v) is 2.33. The fraction of sp³-hybridized carbons (Fsp3) is 0.833. The Hall–Kier alpha value is -0.790. The lowest BCUT2D eigenvalue weighted by atomic mass is 9.97. The van der Waals surface area contributed by atoms with Gasteiger partial charge >= 0.3 is 5.97 Å². The lowest BCUT2D eigenvalue weighted by Crippen LogP contribution is -2.03. The predicted molar refractivity (Wildman–Crippen MR) is 86.8 cm³/mol. The van der Waals surface area contributed by atoms with E-state index in [2.05, 4.69) is 26.8 Å². The highest BCUT2D eigenvalue weighted by Crippen LogP contribution is 2.17. The molecule has 0 saturated carbocycles. The summed E-state index contributed by atoms with van der Waals surface area (Å²) in [6.45, 7) is 9.06. The first-order valence-corrected chi connectivity index (χ1v) is 8.35. The number of hydrogen-bond donors (Lipinski definition) is 0. The molecule has 2 heteroatoms. The Morgan fingerprint density at radius 2 is 1.70 bits per heavy atom. The number of hydrogen-bond acceptors (Lipinski definition) is 2. The first-order valence-electron chi connectivity index (χ1n) is 8.35. The van der Waals surface area contributed by atoms with Crippen molar-refractivity contribution >= 4 is 5.97 Å². The zero-order valence-corrected chi connectivity index (χ0v) is 14.0. The van der Waals surface area contributed by atoms with Crippen LogP contribution >= 0.6 is 0 Å². The summed E-state index contributed by atoms with van der Waals surface area (Å²) in [6, 6.07) is 0. The third kappa shape index (κ3) is 13.6. The molecule has 0 aromatic rings. The maximum Gasteiger partial charge on any atom is 0.305 e. The van der Waals surface area contributed by atoms with E-state index in [1.165, 1.54) is 44.1 Å². The number of allylic oxidation sites excluding steroid dienone is 2. The van der Waals surface area contributed by atoms with Crippen LogP contribution in [0.15, 0.2) is 11.6 Å². The molecular weight excluding hydrogens is 248 g/mol. The first-order chi connectivity index (χ1) is 9.56. The second-order valence-electron chi connectivity index (χ2n) is 6.08. The second kappa shape index (κ2) is 13.2. The topological polar surface area (TPSA) is 26.3 Å². The predicted octanol–water partition coefficient (Wildman–Crippen LogP) is 5.66. The van der Waals surface area contributed by atoms with Gasteiger partial charge in [-0.1, -0.05) is 50.7 Å². The number of carbonyl (C=O) groups is 1. The molecule has 0 radical (unpaired) electrons. The minimum Gasteiger partial charge on any atom is -0.466 e. The lowest BCUT2D eigenvalue weighted by Gasteiger charge is -2.09. The lowest BCUT2D eigenvalue weighted by molar-refractivity contribution is -0.143. The first kappa shape index (κ1) is 19.2. The van der Waals surface area contributed by atoms with Crippen molar-refractivity contribution in [1.29, 1.82) is 0 Å². The SMILES string of the molecule is CCOC(=O)CCCCCCC[C@@H](C)CCC=C(C)C. The zero-order valence-electron chi connectivity index (χ0n) is 14.0. The van der Waals surface area contributed by atoms with Crippen LogP contribution in [0.2, 0.25) is 0 Å². The number of carbonyl (C=O) groups excluding carboxylic acids is 1. The molecule has 0 unspecified atom stereocenters. The molecule has 1 atom stereocenters. The van der Waals surface area contributed by atoms with Gasteiger partial charge in [0.1, 0.15) is 0 Å². The standard InChI is InChI=1S/C18H34O2/c1-5-20-18(19)15-10-8-6-7-9-13-17(4)14-11-12-16(2)3/h12,17H,5-11,13-15H2,1-4H3/t17-/m1/s1. The average molecular weight is 282 g/mol. The fourth-order valence-electron chi connectivity index (χ4n) is 2.33. The van der Waals surface area contributed by atoms with Gasteiger partial charge in [0.05, 0.1) is 6.61 Å². The maximum atomic E-state index is 11.1. The normalized spacial score (nSPS) is 12.0. The summed E-state index contributed by atoms with van der Waals surface area (Å²) >= 11 is 0. The van der Waals surface area contributed by atoms with Crippen LogP contribution in [0, 0.1) is 5.92 Å². The Labute approximate surface area is 126 Å². The van der Waals surface area contributed by atoms with E-state index >= 15 is 0 Å². The third-order valence-corrected chi connectivity index (χ3v) is 3.60. The van der Waals surface area contributed by atoms with Crippen LogP contribution in [-0.2, 0) is 9.53 Å². The minimum absolute atomic E-state index is 0.0413. The highest BCUT2D eigenvalue weighted by atomic mass is 16.5. The molecule has 20 heavy (non-hydrogen) atoms. The Morgan fingerprint density at radius 1 is 1.05 bits per heavy atom. The number of ether oxygens (including phenoxy) is 1. The van der Waals surface area contributed by atoms with Crippen molar-refractivity contribution in [3.05, 3.63) is 11.6 Å². The van der Waals surface area contributed by atoms with Crippen LogP contribution in [0.25, 0.3) is 0 Å². The molecule has 0 spiro atoms. The summed E-state index contributed by atoms with van der Waals surface area (Å²) < 4.78 is 4.91. The van der Waals surface area contributed by atoms with E-state index in [1.807, 2.05) is 6.92 Å². The highest BCUT2D eigenvalue weighted by Gasteiger charge is 2.02. The monoisotopic (exact) mass is 282 g/mol. The van der Waals surface area contributed by atoms with Gasteiger partial charge in [-0.3, -0.25) is 4.79 Å². The molecule has 118 valence electrons. The maximum absolute atomic E-state index is 11.1. The van der Waals surface area contributed by atoms with Crippen LogP contribution in [-0.4, -0.2) is 12.6 Å². The van der Waals surface area contributed by atoms with Crippen LogP contribution in [0.3, 0.4) is 0 Å². The van der Waals surface area contributed by atoms with E-state index in [1.54, 1.807) is 0 Å². The Balaban J connectivity index is 3.31. The zero-order chi connectivity index (χ0) is 15.2. The van der Waals surface area contributed by atoms with Gasteiger partial charge in [0, 0.05) is 6.42 Å². The van der Waals surface area contributed by atoms with Crippen molar-refractivity contribution in [3.63, 3.8) is 0 Å². The molecule has 0 aromatic heterocycles. The van der Waals surface area contributed by atoms with Crippen molar-refractivity contribution in [2.75, 3.05) is 6.61 Å². The second-order valence-corrected chi connectivity index (χ2v) is 6.08. The Bertz CT molecular complexity index is 265. The summed E-state index contributed by atoms with van der Waals surface area (Å²) in [5.74, 6) is 0.797. The van der Waals surface area contributed by atoms with E-state index in [0.29, 0.717) is 13.0 Å². The molecule has 0 saturated heterocycles. The third-order valence-electron chi connectivity index (χ3n) is 3.60. The van der Waals surface area contributed by atoms with Gasteiger partial charge in [-0.05, 0) is 46.0 Å². The molecule has 0 aromatic carbocycles. The van der Waals surface area contributed by atoms with Crippen LogP contribution in [0.1, 0.15) is 85.5 Å². The molecule has 2 nitrogen and oxygen atoms in total. The Kier molecular flexibility index (Phi) is 12.7. The summed E-state index contributed by atoms with van der Waals surface area (Å²) in [5.41, 5.74) is 1.43. The summed E-state index contributed by atoms with van der Waals surface area (Å²) in [7, 11) is 0. The largest absolute Gasteiger partial charge is 0.466 e. The van der Waals surface area contributed by atoms with Gasteiger partial charge in [-0.2, -0.15) is 0 Å². The van der Waals surface area contributed by atoms with E-state index < -0.39 is 0 Å². The summed E-state index contributed by atoms with van der Waals surface area (Å²) in [4.78, 5) is 11.1. The smallest absolute Gasteiger partial charge is 0.305 e. The van der Waals surface area contributed by atoms with Crippen molar-refractivity contribution in [2.45, 2.75) is 85.5 Å². The Morgan fingerprint density at radius 3 is 2.35 bits per heavy atom. The van der Waals surface area contributed by atoms with Gasteiger partial charge in [-0.15, -0.1) is 0 Å². The minimum atomic E-state index is -0.0413. The van der Waals surface area contributed by atoms with E-state index in [9.17, 15) is 4.79 Å². The van der Waals surface area contributed by atoms with Gasteiger partial charge in [0.15, 0.2) is 0 Å². The average Bonchev–Trinajstić information content (AvgIpc) is 2.37. The molecule has 0 heterocycles. The van der Waals surface area contributed by atoms with Gasteiger partial charge in [0.2, 0.25) is 0 Å². The van der Waals surface area contributed by atoms with Crippen LogP contribution < -0.4 is 0 Å². The number of esters is 1. The van der Waals surface area contributed by atoms with E-state index in [4.69, 9.17) is 4.74 Å². The summed E-state index contributed by atoms with van der Waals surface area (Å²) in [6.07, 6.45) is 12.8. The highest BCUT2D eigenvalue weighted by molar-refractivity contribution is 5.69. The van der Waals surface area contributed by atoms with Crippen molar-refractivity contribution < 1.29 is 9.53 Å². The molecule has 0 amide bonds. The molecular formula is C18H34O2. The van der Waals surface area contributed by atoms with Gasteiger partial charge in [0.25, 0.3) is 0 Å². The van der Waals surface area contributed by atoms with E-state index in [-0.39, 0.29) is 5.97 Å². The van der Waals surface area contributed by atoms with Crippen molar-refractivity contribution in [2.24, 2.45) is 5.92 Å².